The number of hydrogen-bond donors (Lipinski definition) is 1. The van der Waals surface area contributed by atoms with Gasteiger partial charge in [0.25, 0.3) is 0 Å². The molecule has 0 fully saturated rings. The minimum absolute atomic E-state index is 0.326. The van der Waals surface area contributed by atoms with Gasteiger partial charge in [0.05, 0.1) is 0 Å². The Hall–Kier alpha value is -1.55. The van der Waals surface area contributed by atoms with Gasteiger partial charge in [0, 0.05) is 20.1 Å². The summed E-state index contributed by atoms with van der Waals surface area (Å²) < 4.78 is 5.08. The average Bonchev–Trinajstić information content (AvgIpc) is 2.29. The van der Waals surface area contributed by atoms with Crippen LogP contribution in [0.4, 0.5) is 4.79 Å². The zero-order chi connectivity index (χ0) is 14.9. The third-order valence-corrected chi connectivity index (χ3v) is 2.11. The van der Waals surface area contributed by atoms with Crippen molar-refractivity contribution >= 4 is 6.09 Å². The predicted molar refractivity (Wildman–Crippen MR) is 79.1 cm³/mol. The highest BCUT2D eigenvalue weighted by Gasteiger charge is 2.18. The summed E-state index contributed by atoms with van der Waals surface area (Å²) >= 11 is 0. The Labute approximate surface area is 116 Å². The maximum atomic E-state index is 11.2. The van der Waals surface area contributed by atoms with Crippen LogP contribution < -0.4 is 5.73 Å². The molecule has 1 aromatic carbocycles. The van der Waals surface area contributed by atoms with Crippen molar-refractivity contribution in [1.29, 1.82) is 0 Å². The molecule has 0 aliphatic carbocycles. The van der Waals surface area contributed by atoms with E-state index in [0.29, 0.717) is 13.1 Å². The monoisotopic (exact) mass is 266 g/mol. The van der Waals surface area contributed by atoms with Gasteiger partial charge < -0.3 is 15.4 Å². The van der Waals surface area contributed by atoms with Crippen molar-refractivity contribution < 1.29 is 9.53 Å². The third kappa shape index (κ3) is 10.1. The lowest BCUT2D eigenvalue weighted by molar-refractivity contribution is 0.0304. The third-order valence-electron chi connectivity index (χ3n) is 2.11. The molecule has 0 spiro atoms. The Morgan fingerprint density at radius 1 is 1.26 bits per heavy atom. The molecule has 0 aliphatic rings. The van der Waals surface area contributed by atoms with Gasteiger partial charge in [0.2, 0.25) is 0 Å². The lowest BCUT2D eigenvalue weighted by atomic mass is 10.2. The molecule has 1 rings (SSSR count). The first kappa shape index (κ1) is 17.4. The van der Waals surface area contributed by atoms with Gasteiger partial charge in [-0.15, -0.1) is 0 Å². The fourth-order valence-electron chi connectivity index (χ4n) is 1.16. The second-order valence-electron chi connectivity index (χ2n) is 5.35. The van der Waals surface area contributed by atoms with Crippen LogP contribution in [0.25, 0.3) is 0 Å². The molecule has 0 heterocycles. The van der Waals surface area contributed by atoms with Crippen molar-refractivity contribution in [2.45, 2.75) is 33.3 Å². The zero-order valence-electron chi connectivity index (χ0n) is 12.6. The van der Waals surface area contributed by atoms with E-state index in [1.807, 2.05) is 39.0 Å². The van der Waals surface area contributed by atoms with Gasteiger partial charge in [-0.25, -0.2) is 4.79 Å². The number of nitrogens with zero attached hydrogens (tertiary/aromatic N) is 1. The summed E-state index contributed by atoms with van der Waals surface area (Å²) in [5.74, 6) is 0. The topological polar surface area (TPSA) is 55.6 Å². The van der Waals surface area contributed by atoms with Crippen LogP contribution in [0.15, 0.2) is 30.3 Å². The van der Waals surface area contributed by atoms with E-state index in [2.05, 4.69) is 19.1 Å². The molecular weight excluding hydrogens is 240 g/mol. The van der Waals surface area contributed by atoms with Crippen LogP contribution >= 0.6 is 0 Å². The normalized spacial score (nSPS) is 10.2. The van der Waals surface area contributed by atoms with E-state index < -0.39 is 5.60 Å². The zero-order valence-corrected chi connectivity index (χ0v) is 12.6. The predicted octanol–water partition coefficient (Wildman–Crippen LogP) is 2.81. The molecule has 4 nitrogen and oxygen atoms in total. The minimum Gasteiger partial charge on any atom is -0.444 e. The molecule has 0 saturated heterocycles. The van der Waals surface area contributed by atoms with E-state index in [-0.39, 0.29) is 6.09 Å². The highest BCUT2D eigenvalue weighted by atomic mass is 16.6. The molecule has 0 bridgehead atoms. The molecule has 0 atom stereocenters. The first-order chi connectivity index (χ1) is 8.76. The summed E-state index contributed by atoms with van der Waals surface area (Å²) in [6.07, 6.45) is -0.326. The Morgan fingerprint density at radius 2 is 1.79 bits per heavy atom. The number of aryl methyl sites for hydroxylation is 1. The van der Waals surface area contributed by atoms with Crippen LogP contribution in [-0.4, -0.2) is 36.7 Å². The molecule has 19 heavy (non-hydrogen) atoms. The number of benzene rings is 1. The summed E-state index contributed by atoms with van der Waals surface area (Å²) in [7, 11) is 1.67. The van der Waals surface area contributed by atoms with E-state index in [1.54, 1.807) is 7.05 Å². The summed E-state index contributed by atoms with van der Waals surface area (Å²) in [6, 6.07) is 10.3. The van der Waals surface area contributed by atoms with Gasteiger partial charge in [-0.2, -0.15) is 0 Å². The smallest absolute Gasteiger partial charge is 0.410 e. The first-order valence-electron chi connectivity index (χ1n) is 6.42. The van der Waals surface area contributed by atoms with Crippen LogP contribution in [0, 0.1) is 6.92 Å². The van der Waals surface area contributed by atoms with Gasteiger partial charge in [-0.05, 0) is 27.7 Å². The van der Waals surface area contributed by atoms with E-state index in [1.165, 1.54) is 10.5 Å². The molecule has 4 heteroatoms. The first-order valence-corrected chi connectivity index (χ1v) is 6.42. The van der Waals surface area contributed by atoms with Crippen molar-refractivity contribution in [1.82, 2.24) is 4.90 Å². The molecular formula is C15H26N2O2. The maximum absolute atomic E-state index is 11.2. The highest BCUT2D eigenvalue weighted by Crippen LogP contribution is 2.08. The number of rotatable bonds is 2. The number of nitrogens with two attached hydrogens (primary N) is 1. The lowest BCUT2D eigenvalue weighted by Crippen LogP contribution is -2.36. The average molecular weight is 266 g/mol. The number of ether oxygens (including phenoxy) is 1. The van der Waals surface area contributed by atoms with Crippen molar-refractivity contribution in [3.63, 3.8) is 0 Å². The molecule has 1 aromatic rings. The van der Waals surface area contributed by atoms with Crippen LogP contribution in [0.5, 0.6) is 0 Å². The van der Waals surface area contributed by atoms with Crippen LogP contribution in [0.2, 0.25) is 0 Å². The second kappa shape index (κ2) is 8.53. The van der Waals surface area contributed by atoms with Crippen molar-refractivity contribution in [2.75, 3.05) is 20.1 Å². The number of likely N-dealkylation sites (N-methyl/N-ethyl adjacent to an activating group) is 1. The molecule has 0 aromatic heterocycles. The fraction of sp³-hybridized carbons (Fsp3) is 0.533. The van der Waals surface area contributed by atoms with Crippen LogP contribution in [0.3, 0.4) is 0 Å². The van der Waals surface area contributed by atoms with E-state index in [4.69, 9.17) is 10.5 Å². The van der Waals surface area contributed by atoms with Gasteiger partial charge in [0.1, 0.15) is 5.60 Å². The Morgan fingerprint density at radius 3 is 2.11 bits per heavy atom. The Kier molecular flexibility index (Phi) is 7.84. The van der Waals surface area contributed by atoms with E-state index in [0.717, 1.165) is 0 Å². The van der Waals surface area contributed by atoms with Crippen molar-refractivity contribution in [3.8, 4) is 0 Å². The van der Waals surface area contributed by atoms with Gasteiger partial charge in [-0.1, -0.05) is 35.9 Å². The second-order valence-corrected chi connectivity index (χ2v) is 5.35. The molecule has 2 N–H and O–H groups in total. The number of carbonyl (C=O) groups is 1. The molecule has 0 aliphatic heterocycles. The maximum Gasteiger partial charge on any atom is 0.410 e. The summed E-state index contributed by atoms with van der Waals surface area (Å²) in [6.45, 7) is 8.56. The number of hydrogen-bond acceptors (Lipinski definition) is 3. The molecule has 0 saturated carbocycles. The Balaban J connectivity index is 0.000000388. The van der Waals surface area contributed by atoms with Gasteiger partial charge in [0.15, 0.2) is 0 Å². The van der Waals surface area contributed by atoms with Crippen molar-refractivity contribution in [3.05, 3.63) is 35.9 Å². The molecule has 0 unspecified atom stereocenters. The quantitative estimate of drug-likeness (QED) is 0.895. The SMILES string of the molecule is CN(CCN)C(=O)OC(C)(C)C.Cc1ccccc1. The van der Waals surface area contributed by atoms with Gasteiger partial charge >= 0.3 is 6.09 Å². The number of carbonyl (C=O) groups excluding carboxylic acids is 1. The minimum atomic E-state index is -0.431. The van der Waals surface area contributed by atoms with Crippen LogP contribution in [0.1, 0.15) is 26.3 Å². The van der Waals surface area contributed by atoms with Gasteiger partial charge in [-0.3, -0.25) is 0 Å². The summed E-state index contributed by atoms with van der Waals surface area (Å²) in [5.41, 5.74) is 6.17. The summed E-state index contributed by atoms with van der Waals surface area (Å²) in [4.78, 5) is 12.7. The van der Waals surface area contributed by atoms with E-state index in [9.17, 15) is 4.79 Å². The standard InChI is InChI=1S/C8H18N2O2.C7H8/c1-8(2,3)12-7(11)10(4)6-5-9;1-7-5-3-2-4-6-7/h5-6,9H2,1-4H3;2-6H,1H3. The molecule has 0 radical (unpaired) electrons. The van der Waals surface area contributed by atoms with E-state index >= 15 is 0 Å². The Bertz CT molecular complexity index is 358. The highest BCUT2D eigenvalue weighted by molar-refractivity contribution is 5.67. The fourth-order valence-corrected chi connectivity index (χ4v) is 1.16. The number of amides is 1. The van der Waals surface area contributed by atoms with Crippen LogP contribution in [-0.2, 0) is 4.74 Å². The molecule has 1 amide bonds. The summed E-state index contributed by atoms with van der Waals surface area (Å²) in [5, 5.41) is 0. The van der Waals surface area contributed by atoms with Crippen molar-refractivity contribution in [2.24, 2.45) is 5.73 Å². The molecule has 108 valence electrons. The largest absolute Gasteiger partial charge is 0.444 e. The lowest BCUT2D eigenvalue weighted by Gasteiger charge is -2.24.